The maximum Gasteiger partial charge on any atom is 0.0506 e. The van der Waals surface area contributed by atoms with Gasteiger partial charge in [-0.25, -0.2) is 0 Å². The second kappa shape index (κ2) is 9.37. The van der Waals surface area contributed by atoms with Crippen LogP contribution in [-0.4, -0.2) is 19.8 Å². The van der Waals surface area contributed by atoms with Gasteiger partial charge < -0.3 is 10.5 Å². The van der Waals surface area contributed by atoms with Crippen LogP contribution in [0.5, 0.6) is 0 Å². The monoisotopic (exact) mass is 221 g/mol. The average molecular weight is 221 g/mol. The Morgan fingerprint density at radius 3 is 2.38 bits per heavy atom. The van der Waals surface area contributed by atoms with Crippen molar-refractivity contribution < 1.29 is 4.74 Å². The third-order valence-electron chi connectivity index (χ3n) is 2.62. The van der Waals surface area contributed by atoms with Crippen LogP contribution in [0.1, 0.15) is 31.2 Å². The van der Waals surface area contributed by atoms with Gasteiger partial charge >= 0.3 is 0 Å². The van der Waals surface area contributed by atoms with E-state index in [2.05, 4.69) is 24.3 Å². The molecule has 0 saturated carbocycles. The fraction of sp³-hybridized carbons (Fsp3) is 0.571. The number of rotatable bonds is 9. The molecule has 0 amide bonds. The summed E-state index contributed by atoms with van der Waals surface area (Å²) in [5.74, 6) is 0. The number of benzene rings is 1. The largest absolute Gasteiger partial charge is 0.381 e. The molecule has 0 saturated heterocycles. The van der Waals surface area contributed by atoms with Crippen LogP contribution in [0.15, 0.2) is 30.3 Å². The Balaban J connectivity index is 1.89. The predicted octanol–water partition coefficient (Wildman–Crippen LogP) is 2.76. The maximum absolute atomic E-state index is 5.59. The van der Waals surface area contributed by atoms with Crippen molar-refractivity contribution in [2.75, 3.05) is 19.8 Å². The molecule has 0 fully saturated rings. The van der Waals surface area contributed by atoms with Crippen molar-refractivity contribution in [1.82, 2.24) is 0 Å². The summed E-state index contributed by atoms with van der Waals surface area (Å²) < 4.78 is 5.59. The van der Waals surface area contributed by atoms with Crippen LogP contribution < -0.4 is 5.73 Å². The normalized spacial score (nSPS) is 10.6. The topological polar surface area (TPSA) is 35.2 Å². The number of hydrogen-bond acceptors (Lipinski definition) is 2. The lowest BCUT2D eigenvalue weighted by Crippen LogP contribution is -2.01. The van der Waals surface area contributed by atoms with Crippen molar-refractivity contribution in [3.63, 3.8) is 0 Å². The van der Waals surface area contributed by atoms with E-state index >= 15 is 0 Å². The zero-order chi connectivity index (χ0) is 11.5. The van der Waals surface area contributed by atoms with Crippen LogP contribution >= 0.6 is 0 Å². The quantitative estimate of drug-likeness (QED) is 0.651. The fourth-order valence-corrected chi connectivity index (χ4v) is 1.64. The molecule has 0 atom stereocenters. The zero-order valence-electron chi connectivity index (χ0n) is 10.0. The molecule has 1 rings (SSSR count). The predicted molar refractivity (Wildman–Crippen MR) is 68.5 cm³/mol. The van der Waals surface area contributed by atoms with Gasteiger partial charge in [-0.05, 0) is 31.4 Å². The number of ether oxygens (including phenoxy) is 1. The molecule has 0 aliphatic heterocycles. The molecule has 0 aliphatic carbocycles. The van der Waals surface area contributed by atoms with E-state index in [1.165, 1.54) is 18.4 Å². The molecule has 0 heterocycles. The van der Waals surface area contributed by atoms with E-state index in [9.17, 15) is 0 Å². The second-order valence-corrected chi connectivity index (χ2v) is 4.05. The first-order valence-corrected chi connectivity index (χ1v) is 6.25. The molecule has 2 N–H and O–H groups in total. The molecule has 1 aromatic carbocycles. The molecular formula is C14H23NO. The highest BCUT2D eigenvalue weighted by atomic mass is 16.5. The van der Waals surface area contributed by atoms with Gasteiger partial charge in [0.2, 0.25) is 0 Å². The molecule has 0 aromatic heterocycles. The van der Waals surface area contributed by atoms with E-state index in [4.69, 9.17) is 10.5 Å². The van der Waals surface area contributed by atoms with Crippen molar-refractivity contribution in [2.45, 2.75) is 32.1 Å². The third kappa shape index (κ3) is 6.59. The van der Waals surface area contributed by atoms with Crippen molar-refractivity contribution in [3.05, 3.63) is 35.9 Å². The number of unbranched alkanes of at least 4 members (excludes halogenated alkanes) is 3. The lowest BCUT2D eigenvalue weighted by Gasteiger charge is -2.04. The SMILES string of the molecule is NCCCCCCOCCc1ccccc1. The molecule has 0 unspecified atom stereocenters. The van der Waals surface area contributed by atoms with Crippen molar-refractivity contribution >= 4 is 0 Å². The first-order chi connectivity index (χ1) is 7.93. The van der Waals surface area contributed by atoms with Crippen LogP contribution in [0.4, 0.5) is 0 Å². The Labute approximate surface area is 98.8 Å². The number of hydrogen-bond donors (Lipinski definition) is 1. The smallest absolute Gasteiger partial charge is 0.0506 e. The highest BCUT2D eigenvalue weighted by molar-refractivity contribution is 5.14. The van der Waals surface area contributed by atoms with Crippen molar-refractivity contribution in [3.8, 4) is 0 Å². The Morgan fingerprint density at radius 1 is 0.875 bits per heavy atom. The summed E-state index contributed by atoms with van der Waals surface area (Å²) in [4.78, 5) is 0. The van der Waals surface area contributed by atoms with Crippen LogP contribution in [-0.2, 0) is 11.2 Å². The Morgan fingerprint density at radius 2 is 1.62 bits per heavy atom. The van der Waals surface area contributed by atoms with Gasteiger partial charge in [-0.3, -0.25) is 0 Å². The highest BCUT2D eigenvalue weighted by Crippen LogP contribution is 2.01. The standard InChI is InChI=1S/C14H23NO/c15-11-6-1-2-7-12-16-13-10-14-8-4-3-5-9-14/h3-5,8-9H,1-2,6-7,10-13,15H2. The molecule has 2 heteroatoms. The van der Waals surface area contributed by atoms with E-state index < -0.39 is 0 Å². The lowest BCUT2D eigenvalue weighted by atomic mass is 10.2. The van der Waals surface area contributed by atoms with Gasteiger partial charge in [0.15, 0.2) is 0 Å². The molecule has 0 bridgehead atoms. The summed E-state index contributed by atoms with van der Waals surface area (Å²) in [6, 6.07) is 10.5. The van der Waals surface area contributed by atoms with Crippen LogP contribution in [0.25, 0.3) is 0 Å². The summed E-state index contributed by atoms with van der Waals surface area (Å²) in [5.41, 5.74) is 6.78. The first-order valence-electron chi connectivity index (χ1n) is 6.25. The molecule has 0 spiro atoms. The molecule has 1 aromatic rings. The van der Waals surface area contributed by atoms with E-state index in [-0.39, 0.29) is 0 Å². The van der Waals surface area contributed by atoms with E-state index in [0.29, 0.717) is 0 Å². The minimum Gasteiger partial charge on any atom is -0.381 e. The van der Waals surface area contributed by atoms with Gasteiger partial charge in [0, 0.05) is 6.61 Å². The fourth-order valence-electron chi connectivity index (χ4n) is 1.64. The zero-order valence-corrected chi connectivity index (χ0v) is 10.0. The Kier molecular flexibility index (Phi) is 7.74. The summed E-state index contributed by atoms with van der Waals surface area (Å²) >= 11 is 0. The van der Waals surface area contributed by atoms with Gasteiger partial charge in [0.1, 0.15) is 0 Å². The minimum atomic E-state index is 0.814. The lowest BCUT2D eigenvalue weighted by molar-refractivity contribution is 0.133. The molecule has 90 valence electrons. The number of nitrogens with two attached hydrogens (primary N) is 1. The Bertz CT molecular complexity index is 248. The molecular weight excluding hydrogens is 198 g/mol. The highest BCUT2D eigenvalue weighted by Gasteiger charge is 1.93. The van der Waals surface area contributed by atoms with Gasteiger partial charge in [-0.1, -0.05) is 43.2 Å². The van der Waals surface area contributed by atoms with Gasteiger partial charge in [0.05, 0.1) is 6.61 Å². The van der Waals surface area contributed by atoms with Crippen LogP contribution in [0.2, 0.25) is 0 Å². The third-order valence-corrected chi connectivity index (χ3v) is 2.62. The Hall–Kier alpha value is -0.860. The molecule has 2 nitrogen and oxygen atoms in total. The van der Waals surface area contributed by atoms with E-state index in [0.717, 1.165) is 39.0 Å². The van der Waals surface area contributed by atoms with Gasteiger partial charge in [-0.2, -0.15) is 0 Å². The van der Waals surface area contributed by atoms with Gasteiger partial charge in [-0.15, -0.1) is 0 Å². The maximum atomic E-state index is 5.59. The molecule has 0 radical (unpaired) electrons. The van der Waals surface area contributed by atoms with E-state index in [1.54, 1.807) is 0 Å². The van der Waals surface area contributed by atoms with Gasteiger partial charge in [0.25, 0.3) is 0 Å². The summed E-state index contributed by atoms with van der Waals surface area (Å²) in [7, 11) is 0. The van der Waals surface area contributed by atoms with Crippen molar-refractivity contribution in [1.29, 1.82) is 0 Å². The summed E-state index contributed by atoms with van der Waals surface area (Å²) in [6.07, 6.45) is 5.80. The first kappa shape index (κ1) is 13.2. The summed E-state index contributed by atoms with van der Waals surface area (Å²) in [5, 5.41) is 0. The van der Waals surface area contributed by atoms with Crippen LogP contribution in [0.3, 0.4) is 0 Å². The van der Waals surface area contributed by atoms with Crippen molar-refractivity contribution in [2.24, 2.45) is 5.73 Å². The summed E-state index contributed by atoms with van der Waals surface area (Å²) in [6.45, 7) is 2.53. The second-order valence-electron chi connectivity index (χ2n) is 4.05. The minimum absolute atomic E-state index is 0.814. The average Bonchev–Trinajstić information content (AvgIpc) is 2.34. The molecule has 0 aliphatic rings. The molecule has 16 heavy (non-hydrogen) atoms. The van der Waals surface area contributed by atoms with Crippen LogP contribution in [0, 0.1) is 0 Å². The van der Waals surface area contributed by atoms with E-state index in [1.807, 2.05) is 6.07 Å².